The predicted octanol–water partition coefficient (Wildman–Crippen LogP) is 2.45. The van der Waals surface area contributed by atoms with Crippen molar-refractivity contribution in [2.24, 2.45) is 0 Å². The highest BCUT2D eigenvalue weighted by atomic mass is 16.5. The van der Waals surface area contributed by atoms with Crippen molar-refractivity contribution in [2.75, 3.05) is 13.7 Å². The highest BCUT2D eigenvalue weighted by Crippen LogP contribution is 2.33. The molecule has 2 N–H and O–H groups in total. The summed E-state index contributed by atoms with van der Waals surface area (Å²) in [5, 5.41) is 5.08. The number of carbonyl (C=O) groups is 3. The molecule has 2 aliphatic heterocycles. The van der Waals surface area contributed by atoms with Crippen molar-refractivity contribution >= 4 is 17.8 Å². The average Bonchev–Trinajstić information content (AvgIpc) is 3.29. The molecule has 3 aromatic rings. The van der Waals surface area contributed by atoms with Gasteiger partial charge in [-0.25, -0.2) is 4.79 Å². The molecule has 2 aromatic carbocycles. The third-order valence-corrected chi connectivity index (χ3v) is 5.90. The van der Waals surface area contributed by atoms with Gasteiger partial charge < -0.3 is 15.0 Å². The Balaban J connectivity index is 1.48. The van der Waals surface area contributed by atoms with Crippen LogP contribution in [0.15, 0.2) is 66.9 Å². The summed E-state index contributed by atoms with van der Waals surface area (Å²) in [5.41, 5.74) is 2.26. The Kier molecular flexibility index (Phi) is 4.62. The second-order valence-corrected chi connectivity index (χ2v) is 7.79. The van der Waals surface area contributed by atoms with Gasteiger partial charge in [-0.3, -0.25) is 19.9 Å². The number of benzene rings is 2. The van der Waals surface area contributed by atoms with E-state index in [4.69, 9.17) is 4.74 Å². The first kappa shape index (κ1) is 19.7. The number of amides is 4. The maximum Gasteiger partial charge on any atom is 0.322 e. The van der Waals surface area contributed by atoms with Crippen LogP contribution in [-0.2, 0) is 16.9 Å². The van der Waals surface area contributed by atoms with E-state index in [0.717, 1.165) is 16.8 Å². The lowest BCUT2D eigenvalue weighted by atomic mass is 9.88. The largest absolute Gasteiger partial charge is 0.497 e. The Morgan fingerprint density at radius 3 is 2.53 bits per heavy atom. The maximum atomic E-state index is 13.1. The molecule has 1 fully saturated rings. The third kappa shape index (κ3) is 3.17. The Bertz CT molecular complexity index is 1230. The van der Waals surface area contributed by atoms with Crippen LogP contribution in [0.25, 0.3) is 11.3 Å². The summed E-state index contributed by atoms with van der Waals surface area (Å²) >= 11 is 0. The third-order valence-electron chi connectivity index (χ3n) is 5.90. The van der Waals surface area contributed by atoms with Gasteiger partial charge in [-0.2, -0.15) is 0 Å². The monoisotopic (exact) mass is 428 g/mol. The highest BCUT2D eigenvalue weighted by Gasteiger charge is 2.50. The zero-order chi connectivity index (χ0) is 22.3. The van der Waals surface area contributed by atoms with Gasteiger partial charge in [0.1, 0.15) is 5.75 Å². The Labute approximate surface area is 184 Å². The van der Waals surface area contributed by atoms with Crippen LogP contribution in [-0.4, -0.2) is 41.4 Å². The lowest BCUT2D eigenvalue weighted by Crippen LogP contribution is -2.52. The number of nitrogens with one attached hydrogen (secondary N) is 2. The summed E-state index contributed by atoms with van der Waals surface area (Å²) in [6.07, 6.45) is 1.71. The smallest absolute Gasteiger partial charge is 0.322 e. The zero-order valence-electron chi connectivity index (χ0n) is 17.3. The molecule has 0 spiro atoms. The molecule has 1 aromatic heterocycles. The number of carbonyl (C=O) groups excluding carboxylic acids is 3. The number of hydrogen-bond donors (Lipinski definition) is 2. The van der Waals surface area contributed by atoms with Crippen molar-refractivity contribution < 1.29 is 19.1 Å². The first-order valence-corrected chi connectivity index (χ1v) is 10.1. The molecular weight excluding hydrogens is 408 g/mol. The number of ether oxygens (including phenoxy) is 1. The molecule has 3 heterocycles. The first-order valence-electron chi connectivity index (χ1n) is 10.1. The molecule has 0 radical (unpaired) electrons. The van der Waals surface area contributed by atoms with Crippen LogP contribution < -0.4 is 15.4 Å². The van der Waals surface area contributed by atoms with Crippen LogP contribution in [0.5, 0.6) is 5.75 Å². The molecule has 5 rings (SSSR count). The first-order chi connectivity index (χ1) is 15.5. The summed E-state index contributed by atoms with van der Waals surface area (Å²) in [7, 11) is 1.54. The van der Waals surface area contributed by atoms with Crippen molar-refractivity contribution in [1.29, 1.82) is 0 Å². The lowest BCUT2D eigenvalue weighted by molar-refractivity contribution is -0.124. The van der Waals surface area contributed by atoms with E-state index in [1.807, 2.05) is 36.4 Å². The minimum absolute atomic E-state index is 0.00331. The fourth-order valence-corrected chi connectivity index (χ4v) is 4.24. The second kappa shape index (κ2) is 7.49. The van der Waals surface area contributed by atoms with Gasteiger partial charge in [-0.05, 0) is 35.4 Å². The second-order valence-electron chi connectivity index (χ2n) is 7.79. The number of imide groups is 1. The standard InChI is InChI=1S/C24H20N4O4/c1-32-18-10-7-16-13-28(21(29)19(16)12-18)14-24(22(30)26-23(31)27-24)17-8-5-15(6-9-17)20-4-2-3-11-25-20/h2-12H,13-14H2,1H3,(H2,26,27,30,31)/t24-/m0/s1. The SMILES string of the molecule is COc1ccc2c(c1)C(=O)N(C[C@@]1(c3ccc(-c4ccccn4)cc3)NC(=O)NC1=O)C2. The number of aromatic nitrogens is 1. The summed E-state index contributed by atoms with van der Waals surface area (Å²) in [5.74, 6) is -0.113. The van der Waals surface area contributed by atoms with Crippen molar-refractivity contribution in [3.63, 3.8) is 0 Å². The van der Waals surface area contributed by atoms with Crippen LogP contribution in [0.4, 0.5) is 4.79 Å². The summed E-state index contributed by atoms with van der Waals surface area (Å²) in [6.45, 7) is 0.346. The van der Waals surface area contributed by atoms with Crippen molar-refractivity contribution in [3.8, 4) is 17.0 Å². The van der Waals surface area contributed by atoms with Crippen LogP contribution in [0.1, 0.15) is 21.5 Å². The molecule has 0 unspecified atom stereocenters. The molecule has 1 atom stereocenters. The number of methoxy groups -OCH3 is 1. The van der Waals surface area contributed by atoms with E-state index in [2.05, 4.69) is 15.6 Å². The topological polar surface area (TPSA) is 101 Å². The molecule has 2 aliphatic rings. The van der Waals surface area contributed by atoms with Gasteiger partial charge in [0.25, 0.3) is 11.8 Å². The van der Waals surface area contributed by atoms with Crippen molar-refractivity contribution in [2.45, 2.75) is 12.1 Å². The van der Waals surface area contributed by atoms with E-state index in [1.54, 1.807) is 42.5 Å². The number of fused-ring (bicyclic) bond motifs is 1. The predicted molar refractivity (Wildman–Crippen MR) is 116 cm³/mol. The molecule has 32 heavy (non-hydrogen) atoms. The number of nitrogens with zero attached hydrogens (tertiary/aromatic N) is 2. The quantitative estimate of drug-likeness (QED) is 0.608. The Hall–Kier alpha value is -4.20. The van der Waals surface area contributed by atoms with Gasteiger partial charge in [0, 0.05) is 23.9 Å². The normalized spacial score (nSPS) is 19.5. The van der Waals surface area contributed by atoms with E-state index < -0.39 is 17.5 Å². The summed E-state index contributed by atoms with van der Waals surface area (Å²) in [6, 6.07) is 17.6. The maximum absolute atomic E-state index is 13.1. The molecule has 8 heteroatoms. The van der Waals surface area contributed by atoms with E-state index in [-0.39, 0.29) is 12.5 Å². The number of pyridine rings is 1. The van der Waals surface area contributed by atoms with Crippen LogP contribution in [0.2, 0.25) is 0 Å². The lowest BCUT2D eigenvalue weighted by Gasteiger charge is -2.31. The van der Waals surface area contributed by atoms with E-state index >= 15 is 0 Å². The van der Waals surface area contributed by atoms with Crippen LogP contribution in [0, 0.1) is 0 Å². The molecule has 0 aliphatic carbocycles. The molecule has 4 amide bonds. The molecule has 0 bridgehead atoms. The Morgan fingerprint density at radius 1 is 1.06 bits per heavy atom. The molecular formula is C24H20N4O4. The summed E-state index contributed by atoms with van der Waals surface area (Å²) in [4.78, 5) is 44.1. The number of rotatable bonds is 5. The van der Waals surface area contributed by atoms with E-state index in [1.165, 1.54) is 0 Å². The summed E-state index contributed by atoms with van der Waals surface area (Å²) < 4.78 is 5.23. The van der Waals surface area contributed by atoms with E-state index in [9.17, 15) is 14.4 Å². The van der Waals surface area contributed by atoms with Crippen molar-refractivity contribution in [1.82, 2.24) is 20.5 Å². The number of hydrogen-bond acceptors (Lipinski definition) is 5. The van der Waals surface area contributed by atoms with Crippen LogP contribution in [0.3, 0.4) is 0 Å². The fourth-order valence-electron chi connectivity index (χ4n) is 4.24. The zero-order valence-corrected chi connectivity index (χ0v) is 17.3. The van der Waals surface area contributed by atoms with Gasteiger partial charge in [0.15, 0.2) is 5.54 Å². The molecule has 1 saturated heterocycles. The minimum atomic E-state index is -1.39. The van der Waals surface area contributed by atoms with Crippen LogP contribution >= 0.6 is 0 Å². The molecule has 8 nitrogen and oxygen atoms in total. The van der Waals surface area contributed by atoms with Gasteiger partial charge in [0.05, 0.1) is 19.3 Å². The molecule has 160 valence electrons. The van der Waals surface area contributed by atoms with E-state index in [0.29, 0.717) is 23.4 Å². The molecule has 0 saturated carbocycles. The van der Waals surface area contributed by atoms with Gasteiger partial charge >= 0.3 is 6.03 Å². The minimum Gasteiger partial charge on any atom is -0.497 e. The van der Waals surface area contributed by atoms with Gasteiger partial charge in [0.2, 0.25) is 0 Å². The Morgan fingerprint density at radius 2 is 1.88 bits per heavy atom. The van der Waals surface area contributed by atoms with Crippen molar-refractivity contribution in [3.05, 3.63) is 83.6 Å². The van der Waals surface area contributed by atoms with Gasteiger partial charge in [-0.15, -0.1) is 0 Å². The number of urea groups is 1. The highest BCUT2D eigenvalue weighted by molar-refractivity contribution is 6.08. The average molecular weight is 428 g/mol. The van der Waals surface area contributed by atoms with Gasteiger partial charge in [-0.1, -0.05) is 36.4 Å². The fraction of sp³-hybridized carbons (Fsp3) is 0.167.